The predicted molar refractivity (Wildman–Crippen MR) is 78.2 cm³/mol. The van der Waals surface area contributed by atoms with E-state index in [1.165, 1.54) is 0 Å². The van der Waals surface area contributed by atoms with E-state index in [1.54, 1.807) is 0 Å². The van der Waals surface area contributed by atoms with E-state index < -0.39 is 5.38 Å². The molecule has 1 aromatic rings. The fourth-order valence-electron chi connectivity index (χ4n) is 2.60. The quantitative estimate of drug-likeness (QED) is 0.863. The molecular formula is C15H21ClN2O. The monoisotopic (exact) mass is 280 g/mol. The molecule has 1 aliphatic rings. The van der Waals surface area contributed by atoms with E-state index in [2.05, 4.69) is 24.2 Å². The number of carbonyl (C=O) groups excluding carboxylic acids is 1. The van der Waals surface area contributed by atoms with Crippen LogP contribution in [0.25, 0.3) is 0 Å². The summed E-state index contributed by atoms with van der Waals surface area (Å²) in [4.78, 5) is 14.5. The fourth-order valence-corrected chi connectivity index (χ4v) is 2.81. The number of carbonyl (C=O) groups is 1. The molecule has 0 saturated carbocycles. The van der Waals surface area contributed by atoms with Crippen LogP contribution in [0.1, 0.15) is 24.3 Å². The van der Waals surface area contributed by atoms with E-state index in [9.17, 15) is 4.79 Å². The van der Waals surface area contributed by atoms with Crippen molar-refractivity contribution in [2.75, 3.05) is 20.1 Å². The molecule has 1 amide bonds. The van der Waals surface area contributed by atoms with Gasteiger partial charge >= 0.3 is 0 Å². The van der Waals surface area contributed by atoms with Crippen LogP contribution in [0.15, 0.2) is 30.3 Å². The Morgan fingerprint density at radius 2 is 2.11 bits per heavy atom. The van der Waals surface area contributed by atoms with Crippen LogP contribution in [-0.2, 0) is 4.79 Å². The third kappa shape index (κ3) is 3.71. The number of benzene rings is 1. The normalized spacial score (nSPS) is 25.8. The summed E-state index contributed by atoms with van der Waals surface area (Å²) >= 11 is 6.23. The number of nitrogens with one attached hydrogen (secondary N) is 1. The Kier molecular flexibility index (Phi) is 4.83. The number of hydrogen-bond donors (Lipinski definition) is 1. The molecule has 4 heteroatoms. The molecule has 1 aromatic carbocycles. The minimum Gasteiger partial charge on any atom is -0.351 e. The van der Waals surface area contributed by atoms with Crippen LogP contribution in [-0.4, -0.2) is 37.0 Å². The van der Waals surface area contributed by atoms with Crippen molar-refractivity contribution in [3.63, 3.8) is 0 Å². The first kappa shape index (κ1) is 14.4. The topological polar surface area (TPSA) is 32.3 Å². The first-order chi connectivity index (χ1) is 9.08. The first-order valence-corrected chi connectivity index (χ1v) is 7.19. The van der Waals surface area contributed by atoms with Gasteiger partial charge in [-0.25, -0.2) is 0 Å². The Labute approximate surface area is 119 Å². The largest absolute Gasteiger partial charge is 0.351 e. The van der Waals surface area contributed by atoms with Crippen molar-refractivity contribution in [3.8, 4) is 0 Å². The molecule has 0 bridgehead atoms. The van der Waals surface area contributed by atoms with Gasteiger partial charge in [0.2, 0.25) is 5.91 Å². The van der Waals surface area contributed by atoms with Crippen LogP contribution in [0.2, 0.25) is 0 Å². The second kappa shape index (κ2) is 6.40. The lowest BCUT2D eigenvalue weighted by atomic mass is 9.94. The molecule has 1 fully saturated rings. The fraction of sp³-hybridized carbons (Fsp3) is 0.533. The maximum Gasteiger partial charge on any atom is 0.242 e. The van der Waals surface area contributed by atoms with Gasteiger partial charge in [-0.05, 0) is 31.5 Å². The lowest BCUT2D eigenvalue weighted by Gasteiger charge is -2.35. The van der Waals surface area contributed by atoms with Crippen molar-refractivity contribution < 1.29 is 4.79 Å². The highest BCUT2D eigenvalue weighted by atomic mass is 35.5. The molecule has 1 saturated heterocycles. The minimum atomic E-state index is -0.604. The number of halogens is 1. The van der Waals surface area contributed by atoms with E-state index in [1.807, 2.05) is 30.3 Å². The molecular weight excluding hydrogens is 260 g/mol. The third-order valence-corrected chi connectivity index (χ3v) is 4.21. The summed E-state index contributed by atoms with van der Waals surface area (Å²) in [6, 6.07) is 9.72. The zero-order valence-corrected chi connectivity index (χ0v) is 12.2. The van der Waals surface area contributed by atoms with Gasteiger partial charge in [-0.3, -0.25) is 4.79 Å². The van der Waals surface area contributed by atoms with Gasteiger partial charge in [0.1, 0.15) is 5.38 Å². The molecule has 1 aliphatic heterocycles. The summed E-state index contributed by atoms with van der Waals surface area (Å²) in [5.41, 5.74) is 0.849. The van der Waals surface area contributed by atoms with E-state index in [4.69, 9.17) is 11.6 Å². The van der Waals surface area contributed by atoms with Crippen molar-refractivity contribution in [2.24, 2.45) is 5.92 Å². The number of amides is 1. The summed E-state index contributed by atoms with van der Waals surface area (Å²) in [5.74, 6) is 0.372. The van der Waals surface area contributed by atoms with E-state index in [0.29, 0.717) is 5.92 Å². The average Bonchev–Trinajstić information content (AvgIpc) is 2.42. The lowest BCUT2D eigenvalue weighted by Crippen LogP contribution is -2.49. The van der Waals surface area contributed by atoms with Crippen LogP contribution < -0.4 is 5.32 Å². The van der Waals surface area contributed by atoms with Gasteiger partial charge in [0, 0.05) is 12.6 Å². The molecule has 2 rings (SSSR count). The Bertz CT molecular complexity index is 423. The number of alkyl halides is 1. The maximum absolute atomic E-state index is 12.2. The molecule has 1 heterocycles. The number of hydrogen-bond acceptors (Lipinski definition) is 2. The van der Waals surface area contributed by atoms with Gasteiger partial charge in [0.05, 0.1) is 0 Å². The zero-order chi connectivity index (χ0) is 13.8. The lowest BCUT2D eigenvalue weighted by molar-refractivity contribution is -0.122. The first-order valence-electron chi connectivity index (χ1n) is 6.76. The molecule has 0 aromatic heterocycles. The highest BCUT2D eigenvalue weighted by molar-refractivity contribution is 6.30. The van der Waals surface area contributed by atoms with Crippen molar-refractivity contribution in [1.82, 2.24) is 10.2 Å². The number of nitrogens with zero attached hydrogens (tertiary/aromatic N) is 1. The number of piperidine rings is 1. The second-order valence-electron chi connectivity index (χ2n) is 5.42. The van der Waals surface area contributed by atoms with Crippen LogP contribution in [0, 0.1) is 5.92 Å². The summed E-state index contributed by atoms with van der Waals surface area (Å²) in [6.07, 6.45) is 0.988. The second-order valence-corrected chi connectivity index (χ2v) is 5.85. The standard InChI is InChI=1S/C15H21ClN2O/c1-11-10-18(2)9-8-13(11)17-15(19)14(16)12-6-4-3-5-7-12/h3-7,11,13-14H,8-10H2,1-2H3,(H,17,19). The zero-order valence-electron chi connectivity index (χ0n) is 11.5. The van der Waals surface area contributed by atoms with Crippen LogP contribution in [0.4, 0.5) is 0 Å². The SMILES string of the molecule is CC1CN(C)CCC1NC(=O)C(Cl)c1ccccc1. The van der Waals surface area contributed by atoms with Gasteiger partial charge in [-0.2, -0.15) is 0 Å². The highest BCUT2D eigenvalue weighted by Gasteiger charge is 2.27. The molecule has 104 valence electrons. The average molecular weight is 281 g/mol. The molecule has 0 aliphatic carbocycles. The van der Waals surface area contributed by atoms with Gasteiger partial charge in [-0.1, -0.05) is 37.3 Å². The van der Waals surface area contributed by atoms with Gasteiger partial charge in [-0.15, -0.1) is 11.6 Å². The summed E-state index contributed by atoms with van der Waals surface area (Å²) < 4.78 is 0. The third-order valence-electron chi connectivity index (χ3n) is 3.76. The summed E-state index contributed by atoms with van der Waals surface area (Å²) in [6.45, 7) is 4.21. The Hall–Kier alpha value is -1.06. The summed E-state index contributed by atoms with van der Waals surface area (Å²) in [7, 11) is 2.11. The number of likely N-dealkylation sites (tertiary alicyclic amines) is 1. The predicted octanol–water partition coefficient (Wildman–Crippen LogP) is 2.42. The molecule has 19 heavy (non-hydrogen) atoms. The van der Waals surface area contributed by atoms with Gasteiger partial charge in [0.25, 0.3) is 0 Å². The van der Waals surface area contributed by atoms with Crippen LogP contribution in [0.3, 0.4) is 0 Å². The Morgan fingerprint density at radius 1 is 1.42 bits per heavy atom. The van der Waals surface area contributed by atoms with E-state index >= 15 is 0 Å². The molecule has 0 radical (unpaired) electrons. The maximum atomic E-state index is 12.2. The Morgan fingerprint density at radius 3 is 2.74 bits per heavy atom. The van der Waals surface area contributed by atoms with Crippen molar-refractivity contribution in [2.45, 2.75) is 24.8 Å². The van der Waals surface area contributed by atoms with E-state index in [-0.39, 0.29) is 11.9 Å². The molecule has 3 nitrogen and oxygen atoms in total. The molecule has 3 unspecified atom stereocenters. The smallest absolute Gasteiger partial charge is 0.242 e. The molecule has 0 spiro atoms. The van der Waals surface area contributed by atoms with Crippen molar-refractivity contribution in [1.29, 1.82) is 0 Å². The number of rotatable bonds is 3. The van der Waals surface area contributed by atoms with Crippen molar-refractivity contribution >= 4 is 17.5 Å². The minimum absolute atomic E-state index is 0.0886. The van der Waals surface area contributed by atoms with E-state index in [0.717, 1.165) is 25.1 Å². The van der Waals surface area contributed by atoms with Gasteiger partial charge in [0.15, 0.2) is 0 Å². The van der Waals surface area contributed by atoms with Crippen LogP contribution >= 0.6 is 11.6 Å². The summed E-state index contributed by atoms with van der Waals surface area (Å²) in [5, 5.41) is 2.49. The van der Waals surface area contributed by atoms with Crippen LogP contribution in [0.5, 0.6) is 0 Å². The molecule has 1 N–H and O–H groups in total. The Balaban J connectivity index is 1.94. The van der Waals surface area contributed by atoms with Crippen molar-refractivity contribution in [3.05, 3.63) is 35.9 Å². The molecule has 3 atom stereocenters. The highest BCUT2D eigenvalue weighted by Crippen LogP contribution is 2.22. The van der Waals surface area contributed by atoms with Gasteiger partial charge < -0.3 is 10.2 Å².